The van der Waals surface area contributed by atoms with Crippen LogP contribution in [-0.4, -0.2) is 50.6 Å². The number of methoxy groups -OCH3 is 1. The minimum atomic E-state index is -0.626. The minimum Gasteiger partial charge on any atom is -0.471 e. The molecule has 0 radical (unpaired) electrons. The summed E-state index contributed by atoms with van der Waals surface area (Å²) in [5, 5.41) is 2.55. The van der Waals surface area contributed by atoms with Crippen molar-refractivity contribution in [1.82, 2.24) is 5.32 Å². The molecule has 1 saturated carbocycles. The molecule has 1 saturated heterocycles. The molecule has 2 heterocycles. The van der Waals surface area contributed by atoms with Gasteiger partial charge in [0.15, 0.2) is 0 Å². The summed E-state index contributed by atoms with van der Waals surface area (Å²) in [6.45, 7) is 4.15. The van der Waals surface area contributed by atoms with Gasteiger partial charge in [0, 0.05) is 12.5 Å². The molecule has 1 N–H and O–H groups in total. The molecule has 0 unspecified atom stereocenters. The van der Waals surface area contributed by atoms with Gasteiger partial charge < -0.3 is 24.3 Å². The fourth-order valence-electron chi connectivity index (χ4n) is 4.89. The lowest BCUT2D eigenvalue weighted by Gasteiger charge is -2.44. The molecule has 0 bridgehead atoms. The van der Waals surface area contributed by atoms with E-state index >= 15 is 0 Å². The van der Waals surface area contributed by atoms with Gasteiger partial charge in [-0.1, -0.05) is 39.5 Å². The number of carbonyl (C=O) groups excluding carboxylic acids is 2. The van der Waals surface area contributed by atoms with E-state index in [2.05, 4.69) is 19.2 Å². The van der Waals surface area contributed by atoms with Gasteiger partial charge in [0.2, 0.25) is 12.2 Å². The lowest BCUT2D eigenvalue weighted by Crippen LogP contribution is -2.49. The van der Waals surface area contributed by atoms with Gasteiger partial charge in [0.1, 0.15) is 12.2 Å². The number of unbranched alkanes of at least 4 members (excludes halogenated alkanes) is 3. The highest BCUT2D eigenvalue weighted by Crippen LogP contribution is 2.68. The lowest BCUT2D eigenvalue weighted by molar-refractivity contribution is -0.195. The number of epoxide rings is 1. The summed E-state index contributed by atoms with van der Waals surface area (Å²) >= 11 is 0. The zero-order valence-electron chi connectivity index (χ0n) is 16.7. The van der Waals surface area contributed by atoms with Crippen molar-refractivity contribution in [1.29, 1.82) is 0 Å². The monoisotopic (exact) mass is 381 g/mol. The summed E-state index contributed by atoms with van der Waals surface area (Å²) in [4.78, 5) is 24.0. The van der Waals surface area contributed by atoms with Gasteiger partial charge in [0.05, 0.1) is 31.0 Å². The first-order valence-electron chi connectivity index (χ1n) is 9.87. The van der Waals surface area contributed by atoms with Crippen LogP contribution in [0.15, 0.2) is 11.8 Å². The number of likely N-dealkylation sites (N-methyl/N-ethyl adjacent to an activating group) is 1. The maximum absolute atomic E-state index is 12.3. The van der Waals surface area contributed by atoms with E-state index < -0.39 is 11.7 Å². The first kappa shape index (κ1) is 20.1. The molecule has 3 aliphatic rings. The number of carbonyl (C=O) groups is 2. The van der Waals surface area contributed by atoms with Crippen LogP contribution in [0.25, 0.3) is 0 Å². The molecule has 0 aromatic carbocycles. The van der Waals surface area contributed by atoms with Crippen LogP contribution in [0.1, 0.15) is 52.4 Å². The summed E-state index contributed by atoms with van der Waals surface area (Å²) in [6, 6.07) is 0. The molecule has 7 nitrogen and oxygen atoms in total. The van der Waals surface area contributed by atoms with Gasteiger partial charge in [-0.15, -0.1) is 0 Å². The molecule has 0 aromatic heterocycles. The molecule has 2 aliphatic heterocycles. The molecule has 0 spiro atoms. The van der Waals surface area contributed by atoms with Crippen LogP contribution >= 0.6 is 0 Å². The second-order valence-electron chi connectivity index (χ2n) is 7.98. The van der Waals surface area contributed by atoms with Crippen LogP contribution in [0.5, 0.6) is 0 Å². The van der Waals surface area contributed by atoms with Gasteiger partial charge in [0.25, 0.3) is 0 Å². The van der Waals surface area contributed by atoms with Gasteiger partial charge in [-0.3, -0.25) is 4.79 Å². The Balaban J connectivity index is 1.82. The normalized spacial score (nSPS) is 36.1. The summed E-state index contributed by atoms with van der Waals surface area (Å²) in [6.07, 6.45) is 7.16. The number of rotatable bonds is 9. The highest BCUT2D eigenvalue weighted by Gasteiger charge is 2.76. The fourth-order valence-corrected chi connectivity index (χ4v) is 4.89. The van der Waals surface area contributed by atoms with Gasteiger partial charge in [-0.2, -0.15) is 0 Å². The van der Waals surface area contributed by atoms with Crippen LogP contribution in [0.3, 0.4) is 0 Å². The Kier molecular flexibility index (Phi) is 5.82. The SMILES string of the molecule is CCCCCC[C@]12O[C@H]1C[C@]1(C)C(C(=O)OC)=CO[C@@H](OCC(=O)NC)[C@H]21. The van der Waals surface area contributed by atoms with E-state index in [1.165, 1.54) is 26.2 Å². The molecule has 5 atom stereocenters. The summed E-state index contributed by atoms with van der Waals surface area (Å²) in [5.74, 6) is -0.749. The Morgan fingerprint density at radius 1 is 1.33 bits per heavy atom. The number of hydrogen-bond acceptors (Lipinski definition) is 6. The highest BCUT2D eigenvalue weighted by molar-refractivity contribution is 5.90. The number of amides is 1. The van der Waals surface area contributed by atoms with Crippen molar-refractivity contribution in [2.75, 3.05) is 20.8 Å². The third-order valence-corrected chi connectivity index (χ3v) is 6.36. The average molecular weight is 381 g/mol. The van der Waals surface area contributed by atoms with Crippen LogP contribution in [0.2, 0.25) is 0 Å². The molecular weight excluding hydrogens is 350 g/mol. The third kappa shape index (κ3) is 3.47. The number of hydrogen-bond donors (Lipinski definition) is 1. The van der Waals surface area contributed by atoms with Crippen LogP contribution < -0.4 is 5.32 Å². The summed E-state index contributed by atoms with van der Waals surface area (Å²) in [7, 11) is 2.94. The van der Waals surface area contributed by atoms with Gasteiger partial charge in [-0.25, -0.2) is 4.79 Å². The van der Waals surface area contributed by atoms with Crippen molar-refractivity contribution in [3.8, 4) is 0 Å². The van der Waals surface area contributed by atoms with Crippen molar-refractivity contribution in [3.63, 3.8) is 0 Å². The molecule has 1 aliphatic carbocycles. The van der Waals surface area contributed by atoms with Crippen molar-refractivity contribution >= 4 is 11.9 Å². The molecular formula is C20H31NO6. The Morgan fingerprint density at radius 3 is 2.78 bits per heavy atom. The zero-order valence-corrected chi connectivity index (χ0v) is 16.7. The minimum absolute atomic E-state index is 0.0915. The van der Waals surface area contributed by atoms with Gasteiger partial charge in [-0.05, 0) is 12.8 Å². The fraction of sp³-hybridized carbons (Fsp3) is 0.800. The quantitative estimate of drug-likeness (QED) is 0.375. The molecule has 1 amide bonds. The van der Waals surface area contributed by atoms with Crippen molar-refractivity contribution < 1.29 is 28.5 Å². The maximum Gasteiger partial charge on any atom is 0.337 e. The number of nitrogens with one attached hydrogen (secondary N) is 1. The molecule has 27 heavy (non-hydrogen) atoms. The second kappa shape index (κ2) is 7.80. The zero-order chi connectivity index (χ0) is 19.7. The Labute approximate surface area is 160 Å². The first-order valence-corrected chi connectivity index (χ1v) is 9.87. The van der Waals surface area contributed by atoms with Crippen LogP contribution in [0.4, 0.5) is 0 Å². The number of ether oxygens (including phenoxy) is 4. The van der Waals surface area contributed by atoms with Crippen LogP contribution in [0, 0.1) is 11.3 Å². The van der Waals surface area contributed by atoms with Crippen molar-refractivity contribution in [2.24, 2.45) is 11.3 Å². The van der Waals surface area contributed by atoms with E-state index in [9.17, 15) is 9.59 Å². The molecule has 7 heteroatoms. The second-order valence-corrected chi connectivity index (χ2v) is 7.98. The Morgan fingerprint density at radius 2 is 2.11 bits per heavy atom. The Bertz CT molecular complexity index is 620. The van der Waals surface area contributed by atoms with E-state index in [4.69, 9.17) is 18.9 Å². The van der Waals surface area contributed by atoms with E-state index in [1.807, 2.05) is 0 Å². The van der Waals surface area contributed by atoms with Crippen LogP contribution in [-0.2, 0) is 28.5 Å². The molecule has 152 valence electrons. The molecule has 2 fully saturated rings. The van der Waals surface area contributed by atoms with Crippen molar-refractivity contribution in [3.05, 3.63) is 11.8 Å². The predicted molar refractivity (Wildman–Crippen MR) is 97.6 cm³/mol. The average Bonchev–Trinajstić information content (AvgIpc) is 3.27. The summed E-state index contributed by atoms with van der Waals surface area (Å²) in [5.41, 5.74) is -0.269. The predicted octanol–water partition coefficient (Wildman–Crippen LogP) is 2.30. The van der Waals surface area contributed by atoms with E-state index in [1.54, 1.807) is 7.05 Å². The number of esters is 1. The smallest absolute Gasteiger partial charge is 0.337 e. The molecule has 3 rings (SSSR count). The van der Waals surface area contributed by atoms with E-state index in [0.29, 0.717) is 5.57 Å². The largest absolute Gasteiger partial charge is 0.471 e. The highest BCUT2D eigenvalue weighted by atomic mass is 16.7. The van der Waals surface area contributed by atoms with Crippen molar-refractivity contribution in [2.45, 2.75) is 70.4 Å². The summed E-state index contributed by atoms with van der Waals surface area (Å²) < 4.78 is 22.7. The standard InChI is InChI=1S/C20H31NO6/c1-5-6-7-8-9-20-14(27-20)10-19(2)13(17(23)24-4)11-25-18(16(19)20)26-12-15(22)21-3/h11,14,16,18H,5-10,12H2,1-4H3,(H,21,22)/t14-,16-,18-,19+,20-/m0/s1. The third-order valence-electron chi connectivity index (χ3n) is 6.36. The van der Waals surface area contributed by atoms with E-state index in [-0.39, 0.29) is 36.1 Å². The molecule has 0 aromatic rings. The first-order chi connectivity index (χ1) is 12.9. The lowest BCUT2D eigenvalue weighted by atomic mass is 9.68. The Hall–Kier alpha value is -1.60. The topological polar surface area (TPSA) is 86.4 Å². The maximum atomic E-state index is 12.3. The van der Waals surface area contributed by atoms with Gasteiger partial charge >= 0.3 is 5.97 Å². The van der Waals surface area contributed by atoms with E-state index in [0.717, 1.165) is 25.7 Å². The number of fused-ring (bicyclic) bond motifs is 3.